The lowest BCUT2D eigenvalue weighted by Crippen LogP contribution is -2.35. The van der Waals surface area contributed by atoms with Gasteiger partial charge in [-0.15, -0.1) is 11.3 Å². The Hall–Kier alpha value is -2.39. The number of carbonyl (C=O) groups is 1. The van der Waals surface area contributed by atoms with Crippen LogP contribution in [0.4, 0.5) is 4.79 Å². The van der Waals surface area contributed by atoms with E-state index in [-0.39, 0.29) is 6.04 Å². The van der Waals surface area contributed by atoms with E-state index >= 15 is 0 Å². The fourth-order valence-corrected chi connectivity index (χ4v) is 2.79. The van der Waals surface area contributed by atoms with E-state index in [1.807, 2.05) is 57.2 Å². The van der Waals surface area contributed by atoms with Gasteiger partial charge in [0.2, 0.25) is 0 Å². The molecule has 0 aliphatic rings. The van der Waals surface area contributed by atoms with E-state index in [1.54, 1.807) is 5.38 Å². The predicted molar refractivity (Wildman–Crippen MR) is 89.1 cm³/mol. The lowest BCUT2D eigenvalue weighted by Gasteiger charge is -2.23. The third kappa shape index (κ3) is 5.38. The summed E-state index contributed by atoms with van der Waals surface area (Å²) in [7, 11) is 0. The molecule has 120 valence electrons. The molecule has 1 N–H and O–H groups in total. The van der Waals surface area contributed by atoms with Gasteiger partial charge in [0.1, 0.15) is 16.7 Å². The first-order valence-corrected chi connectivity index (χ1v) is 8.14. The molecule has 0 bridgehead atoms. The second kappa shape index (κ2) is 7.25. The maximum atomic E-state index is 12.1. The minimum absolute atomic E-state index is 0.334. The highest BCUT2D eigenvalue weighted by atomic mass is 32.1. The highest BCUT2D eigenvalue weighted by molar-refractivity contribution is 7.09. The van der Waals surface area contributed by atoms with E-state index in [1.165, 1.54) is 11.3 Å². The van der Waals surface area contributed by atoms with Gasteiger partial charge in [0.05, 0.1) is 6.04 Å². The molecule has 23 heavy (non-hydrogen) atoms. The van der Waals surface area contributed by atoms with Gasteiger partial charge in [-0.05, 0) is 32.8 Å². The summed E-state index contributed by atoms with van der Waals surface area (Å²) in [6.07, 6.45) is 0.0884. The molecule has 2 aromatic rings. The minimum atomic E-state index is -0.567. The van der Waals surface area contributed by atoms with Crippen LogP contribution in [0.3, 0.4) is 0 Å². The zero-order valence-electron chi connectivity index (χ0n) is 13.4. The number of hydrogen-bond donors (Lipinski definition) is 1. The summed E-state index contributed by atoms with van der Waals surface area (Å²) in [5.74, 6) is 0. The second-order valence-electron chi connectivity index (χ2n) is 6.07. The SMILES string of the molecule is CC(C)(C)OC(=O)N[C@H](Cc1ccccc1)c1nc(C#N)cs1. The quantitative estimate of drug-likeness (QED) is 0.925. The van der Waals surface area contributed by atoms with Crippen LogP contribution in [-0.2, 0) is 11.2 Å². The van der Waals surface area contributed by atoms with Crippen LogP contribution in [0.1, 0.15) is 43.1 Å². The Morgan fingerprint density at radius 3 is 2.65 bits per heavy atom. The molecule has 1 aromatic carbocycles. The Labute approximate surface area is 139 Å². The summed E-state index contributed by atoms with van der Waals surface area (Å²) in [6, 6.07) is 11.5. The molecule has 1 aromatic heterocycles. The van der Waals surface area contributed by atoms with Crippen molar-refractivity contribution in [2.75, 3.05) is 0 Å². The Balaban J connectivity index is 2.17. The summed E-state index contributed by atoms with van der Waals surface area (Å²) >= 11 is 1.36. The maximum Gasteiger partial charge on any atom is 0.408 e. The van der Waals surface area contributed by atoms with Gasteiger partial charge in [0.15, 0.2) is 5.69 Å². The fraction of sp³-hybridized carbons (Fsp3) is 0.353. The van der Waals surface area contributed by atoms with E-state index in [0.29, 0.717) is 17.1 Å². The average molecular weight is 329 g/mol. The summed E-state index contributed by atoms with van der Waals surface area (Å²) in [5, 5.41) is 14.2. The summed E-state index contributed by atoms with van der Waals surface area (Å²) < 4.78 is 5.32. The van der Waals surface area contributed by atoms with Crippen LogP contribution in [0.25, 0.3) is 0 Å². The van der Waals surface area contributed by atoms with Crippen molar-refractivity contribution in [2.24, 2.45) is 0 Å². The molecule has 1 atom stereocenters. The minimum Gasteiger partial charge on any atom is -0.444 e. The van der Waals surface area contributed by atoms with Crippen molar-refractivity contribution in [1.82, 2.24) is 10.3 Å². The van der Waals surface area contributed by atoms with Crippen molar-refractivity contribution < 1.29 is 9.53 Å². The standard InChI is InChI=1S/C17H19N3O2S/c1-17(2,3)22-16(21)20-14(9-12-7-5-4-6-8-12)15-19-13(10-18)11-23-15/h4-8,11,14H,9H2,1-3H3,(H,20,21)/t14-/m1/s1. The zero-order chi connectivity index (χ0) is 16.9. The third-order valence-electron chi connectivity index (χ3n) is 2.91. The lowest BCUT2D eigenvalue weighted by atomic mass is 10.1. The number of carbonyl (C=O) groups excluding carboxylic acids is 1. The van der Waals surface area contributed by atoms with Crippen LogP contribution in [0, 0.1) is 11.3 Å². The molecule has 0 saturated heterocycles. The highest BCUT2D eigenvalue weighted by Crippen LogP contribution is 2.23. The Bertz CT molecular complexity index is 699. The van der Waals surface area contributed by atoms with Crippen LogP contribution < -0.4 is 5.32 Å². The second-order valence-corrected chi connectivity index (χ2v) is 6.96. The first kappa shape index (κ1) is 17.0. The number of ether oxygens (including phenoxy) is 1. The molecular formula is C17H19N3O2S. The average Bonchev–Trinajstić information content (AvgIpc) is 2.94. The molecule has 0 spiro atoms. The molecule has 1 amide bonds. The van der Waals surface area contributed by atoms with E-state index in [2.05, 4.69) is 10.3 Å². The smallest absolute Gasteiger partial charge is 0.408 e. The molecule has 0 aliphatic carbocycles. The summed E-state index contributed by atoms with van der Waals surface area (Å²) in [6.45, 7) is 5.45. The number of nitrogens with one attached hydrogen (secondary N) is 1. The number of aromatic nitrogens is 1. The van der Waals surface area contributed by atoms with Gasteiger partial charge in [-0.1, -0.05) is 30.3 Å². The molecule has 0 unspecified atom stereocenters. The van der Waals surface area contributed by atoms with Crippen LogP contribution in [0.15, 0.2) is 35.7 Å². The van der Waals surface area contributed by atoms with Gasteiger partial charge in [0.25, 0.3) is 0 Å². The van der Waals surface area contributed by atoms with Gasteiger partial charge in [0, 0.05) is 5.38 Å². The van der Waals surface area contributed by atoms with E-state index in [4.69, 9.17) is 10.00 Å². The normalized spacial score (nSPS) is 12.3. The molecule has 2 rings (SSSR count). The van der Waals surface area contributed by atoms with E-state index < -0.39 is 11.7 Å². The van der Waals surface area contributed by atoms with Crippen molar-refractivity contribution >= 4 is 17.4 Å². The van der Waals surface area contributed by atoms with Crippen LogP contribution in [0.5, 0.6) is 0 Å². The Morgan fingerprint density at radius 1 is 1.39 bits per heavy atom. The van der Waals surface area contributed by atoms with Crippen LogP contribution in [0.2, 0.25) is 0 Å². The van der Waals surface area contributed by atoms with E-state index in [9.17, 15) is 4.79 Å². The number of nitrogens with zero attached hydrogens (tertiary/aromatic N) is 2. The summed E-state index contributed by atoms with van der Waals surface area (Å²) in [4.78, 5) is 16.3. The van der Waals surface area contributed by atoms with Gasteiger partial charge in [-0.2, -0.15) is 5.26 Å². The number of thiazole rings is 1. The molecule has 5 nitrogen and oxygen atoms in total. The molecule has 0 aliphatic heterocycles. The number of alkyl carbamates (subject to hydrolysis) is 1. The number of nitriles is 1. The van der Waals surface area contributed by atoms with Gasteiger partial charge >= 0.3 is 6.09 Å². The molecule has 0 radical (unpaired) electrons. The summed E-state index contributed by atoms with van der Waals surface area (Å²) in [5.41, 5.74) is 0.860. The van der Waals surface area contributed by atoms with Crippen molar-refractivity contribution in [3.8, 4) is 6.07 Å². The van der Waals surface area contributed by atoms with Crippen LogP contribution in [-0.4, -0.2) is 16.7 Å². The van der Waals surface area contributed by atoms with Gasteiger partial charge in [-0.25, -0.2) is 9.78 Å². The molecule has 6 heteroatoms. The number of amides is 1. The topological polar surface area (TPSA) is 75.0 Å². The van der Waals surface area contributed by atoms with E-state index in [0.717, 1.165) is 5.56 Å². The highest BCUT2D eigenvalue weighted by Gasteiger charge is 2.23. The Morgan fingerprint density at radius 2 is 2.09 bits per heavy atom. The van der Waals surface area contributed by atoms with Gasteiger partial charge in [-0.3, -0.25) is 0 Å². The van der Waals surface area contributed by atoms with Crippen molar-refractivity contribution in [3.63, 3.8) is 0 Å². The lowest BCUT2D eigenvalue weighted by molar-refractivity contribution is 0.0503. The van der Waals surface area contributed by atoms with Crippen molar-refractivity contribution in [1.29, 1.82) is 5.26 Å². The largest absolute Gasteiger partial charge is 0.444 e. The number of benzene rings is 1. The van der Waals surface area contributed by atoms with Gasteiger partial charge < -0.3 is 10.1 Å². The first-order chi connectivity index (χ1) is 10.9. The molecule has 1 heterocycles. The molecule has 0 saturated carbocycles. The zero-order valence-corrected chi connectivity index (χ0v) is 14.2. The number of hydrogen-bond acceptors (Lipinski definition) is 5. The first-order valence-electron chi connectivity index (χ1n) is 7.26. The Kier molecular flexibility index (Phi) is 5.35. The predicted octanol–water partition coefficient (Wildman–Crippen LogP) is 3.82. The molecule has 0 fully saturated rings. The van der Waals surface area contributed by atoms with Crippen LogP contribution >= 0.6 is 11.3 Å². The number of rotatable bonds is 4. The molecular weight excluding hydrogens is 310 g/mol. The van der Waals surface area contributed by atoms with Crippen molar-refractivity contribution in [2.45, 2.75) is 38.8 Å². The monoisotopic (exact) mass is 329 g/mol. The third-order valence-corrected chi connectivity index (χ3v) is 3.87. The maximum absolute atomic E-state index is 12.1. The fourth-order valence-electron chi connectivity index (χ4n) is 2.00. The van der Waals surface area contributed by atoms with Crippen molar-refractivity contribution in [3.05, 3.63) is 52.0 Å².